The number of carbonyl (C=O) groups is 1. The van der Waals surface area contributed by atoms with E-state index in [2.05, 4.69) is 10.3 Å². The van der Waals surface area contributed by atoms with Crippen LogP contribution in [0.3, 0.4) is 0 Å². The number of aromatic hydroxyl groups is 1. The molecule has 0 saturated heterocycles. The van der Waals surface area contributed by atoms with Crippen molar-refractivity contribution in [1.82, 2.24) is 10.3 Å². The number of aryl methyl sites for hydroxylation is 1. The second-order valence-electron chi connectivity index (χ2n) is 7.05. The van der Waals surface area contributed by atoms with E-state index in [0.717, 1.165) is 23.6 Å². The molecule has 2 aromatic heterocycles. The van der Waals surface area contributed by atoms with Gasteiger partial charge >= 0.3 is 0 Å². The number of hydrogen-bond acceptors (Lipinski definition) is 5. The van der Waals surface area contributed by atoms with Gasteiger partial charge in [0.1, 0.15) is 28.6 Å². The van der Waals surface area contributed by atoms with E-state index in [0.29, 0.717) is 40.0 Å². The molecule has 6 nitrogen and oxygen atoms in total. The Bertz CT molecular complexity index is 1220. The topological polar surface area (TPSA) is 84.6 Å². The number of phenolic OH excluding ortho intramolecular Hbond substituents is 1. The van der Waals surface area contributed by atoms with Crippen molar-refractivity contribution in [2.75, 3.05) is 0 Å². The molecule has 5 rings (SSSR count). The Morgan fingerprint density at radius 1 is 1.18 bits per heavy atom. The molecule has 1 amide bonds. The Morgan fingerprint density at radius 3 is 2.82 bits per heavy atom. The van der Waals surface area contributed by atoms with E-state index in [1.54, 1.807) is 43.5 Å². The van der Waals surface area contributed by atoms with Gasteiger partial charge in [-0.15, -0.1) is 0 Å². The van der Waals surface area contributed by atoms with Crippen LogP contribution in [-0.2, 0) is 0 Å². The zero-order chi connectivity index (χ0) is 19.3. The summed E-state index contributed by atoms with van der Waals surface area (Å²) < 4.78 is 11.9. The van der Waals surface area contributed by atoms with Gasteiger partial charge in [0, 0.05) is 35.1 Å². The number of furan rings is 1. The van der Waals surface area contributed by atoms with Crippen LogP contribution in [0.25, 0.3) is 21.9 Å². The number of ether oxygens (including phenoxy) is 1. The van der Waals surface area contributed by atoms with Gasteiger partial charge in [-0.1, -0.05) is 0 Å². The van der Waals surface area contributed by atoms with Crippen LogP contribution in [0.2, 0.25) is 0 Å². The molecule has 1 aliphatic rings. The fourth-order valence-electron chi connectivity index (χ4n) is 3.36. The summed E-state index contributed by atoms with van der Waals surface area (Å²) in [6.07, 6.45) is 3.71. The summed E-state index contributed by atoms with van der Waals surface area (Å²) in [6.45, 7) is 1.80. The van der Waals surface area contributed by atoms with Crippen molar-refractivity contribution in [2.45, 2.75) is 25.8 Å². The van der Waals surface area contributed by atoms with Gasteiger partial charge in [-0.25, -0.2) is 0 Å². The molecule has 2 N–H and O–H groups in total. The molecule has 4 aromatic rings. The van der Waals surface area contributed by atoms with Crippen LogP contribution >= 0.6 is 0 Å². The second-order valence-corrected chi connectivity index (χ2v) is 7.05. The van der Waals surface area contributed by atoms with Crippen LogP contribution in [0, 0.1) is 6.92 Å². The number of hydrogen-bond donors (Lipinski definition) is 2. The minimum atomic E-state index is -0.0904. The number of rotatable bonds is 4. The number of benzene rings is 2. The van der Waals surface area contributed by atoms with Crippen LogP contribution in [0.1, 0.15) is 29.0 Å². The summed E-state index contributed by atoms with van der Waals surface area (Å²) in [5.74, 6) is 1.87. The lowest BCUT2D eigenvalue weighted by Gasteiger charge is -2.09. The minimum Gasteiger partial charge on any atom is -0.508 e. The van der Waals surface area contributed by atoms with Gasteiger partial charge in [0.2, 0.25) is 0 Å². The summed E-state index contributed by atoms with van der Waals surface area (Å²) in [7, 11) is 0. The zero-order valence-corrected chi connectivity index (χ0v) is 15.2. The Morgan fingerprint density at radius 2 is 2.00 bits per heavy atom. The molecule has 0 spiro atoms. The molecule has 28 heavy (non-hydrogen) atoms. The highest BCUT2D eigenvalue weighted by Gasteiger charge is 2.27. The molecule has 0 atom stereocenters. The number of nitrogens with zero attached hydrogens (tertiary/aromatic N) is 1. The number of nitrogens with one attached hydrogen (secondary N) is 1. The van der Waals surface area contributed by atoms with Crippen LogP contribution < -0.4 is 10.1 Å². The van der Waals surface area contributed by atoms with E-state index in [-0.39, 0.29) is 11.7 Å². The highest BCUT2D eigenvalue weighted by atomic mass is 16.5. The fraction of sp³-hybridized carbons (Fsp3) is 0.182. The molecule has 0 radical (unpaired) electrons. The molecule has 2 heterocycles. The lowest BCUT2D eigenvalue weighted by molar-refractivity contribution is 0.0951. The molecule has 0 aliphatic heterocycles. The summed E-state index contributed by atoms with van der Waals surface area (Å²) in [4.78, 5) is 16.8. The maximum atomic E-state index is 12.5. The number of fused-ring (bicyclic) bond motifs is 2. The quantitative estimate of drug-likeness (QED) is 0.542. The molecular weight excluding hydrogens is 356 g/mol. The van der Waals surface area contributed by atoms with Crippen molar-refractivity contribution >= 4 is 27.8 Å². The van der Waals surface area contributed by atoms with Gasteiger partial charge in [-0.05, 0) is 50.1 Å². The maximum absolute atomic E-state index is 12.5. The Kier molecular flexibility index (Phi) is 3.72. The van der Waals surface area contributed by atoms with E-state index < -0.39 is 0 Å². The van der Waals surface area contributed by atoms with Crippen molar-refractivity contribution < 1.29 is 19.1 Å². The number of pyridine rings is 1. The molecule has 1 aliphatic carbocycles. The first kappa shape index (κ1) is 16.6. The molecule has 6 heteroatoms. The molecule has 140 valence electrons. The summed E-state index contributed by atoms with van der Waals surface area (Å²) in [5.41, 5.74) is 1.83. The molecule has 1 fully saturated rings. The Labute approximate surface area is 160 Å². The van der Waals surface area contributed by atoms with E-state index in [9.17, 15) is 9.90 Å². The third-order valence-corrected chi connectivity index (χ3v) is 4.89. The predicted molar refractivity (Wildman–Crippen MR) is 105 cm³/mol. The SMILES string of the molecule is Cc1oc2cc(Oc3ccnc4cc(O)ccc34)ccc2c1C(=O)NC1CC1. The summed E-state index contributed by atoms with van der Waals surface area (Å²) >= 11 is 0. The van der Waals surface area contributed by atoms with Crippen LogP contribution in [0.15, 0.2) is 53.1 Å². The second kappa shape index (κ2) is 6.27. The van der Waals surface area contributed by atoms with Gasteiger partial charge in [-0.2, -0.15) is 0 Å². The number of amides is 1. The normalized spacial score (nSPS) is 13.8. The van der Waals surface area contributed by atoms with E-state index in [1.165, 1.54) is 0 Å². The third-order valence-electron chi connectivity index (χ3n) is 4.89. The molecule has 0 unspecified atom stereocenters. The molecule has 2 aromatic carbocycles. The average Bonchev–Trinajstić information content (AvgIpc) is 3.41. The summed E-state index contributed by atoms with van der Waals surface area (Å²) in [5, 5.41) is 14.2. The van der Waals surface area contributed by atoms with Gasteiger partial charge in [0.25, 0.3) is 5.91 Å². The highest BCUT2D eigenvalue weighted by Crippen LogP contribution is 2.34. The lowest BCUT2D eigenvalue weighted by atomic mass is 10.1. The first-order valence-corrected chi connectivity index (χ1v) is 9.18. The Balaban J connectivity index is 1.50. The van der Waals surface area contributed by atoms with Gasteiger partial charge < -0.3 is 19.6 Å². The lowest BCUT2D eigenvalue weighted by Crippen LogP contribution is -2.25. The predicted octanol–water partition coefficient (Wildman–Crippen LogP) is 4.68. The maximum Gasteiger partial charge on any atom is 0.255 e. The van der Waals surface area contributed by atoms with Crippen LogP contribution in [0.5, 0.6) is 17.2 Å². The van der Waals surface area contributed by atoms with Crippen molar-refractivity contribution in [1.29, 1.82) is 0 Å². The van der Waals surface area contributed by atoms with Crippen molar-refractivity contribution in [2.24, 2.45) is 0 Å². The van der Waals surface area contributed by atoms with Crippen molar-refractivity contribution in [3.05, 3.63) is 60.0 Å². The van der Waals surface area contributed by atoms with Crippen molar-refractivity contribution in [3.8, 4) is 17.2 Å². The number of phenols is 1. The smallest absolute Gasteiger partial charge is 0.255 e. The van der Waals surface area contributed by atoms with Gasteiger partial charge in [-0.3, -0.25) is 9.78 Å². The molecular formula is C22H18N2O4. The van der Waals surface area contributed by atoms with Crippen LogP contribution in [-0.4, -0.2) is 22.0 Å². The van der Waals surface area contributed by atoms with E-state index in [1.807, 2.05) is 12.1 Å². The average molecular weight is 374 g/mol. The Hall–Kier alpha value is -3.54. The first-order chi connectivity index (χ1) is 13.6. The van der Waals surface area contributed by atoms with Gasteiger partial charge in [0.05, 0.1) is 11.1 Å². The minimum absolute atomic E-state index is 0.0904. The molecule has 0 bridgehead atoms. The fourth-order valence-corrected chi connectivity index (χ4v) is 3.36. The largest absolute Gasteiger partial charge is 0.508 e. The summed E-state index contributed by atoms with van der Waals surface area (Å²) in [6, 6.07) is 12.5. The first-order valence-electron chi connectivity index (χ1n) is 9.18. The number of carbonyl (C=O) groups excluding carboxylic acids is 1. The standard InChI is InChI=1S/C22H18N2O4/c1-12-21(22(26)24-13-2-3-13)17-7-5-15(11-20(17)27-12)28-19-8-9-23-18-10-14(25)4-6-16(18)19/h4-11,13,25H,2-3H2,1H3,(H,24,26). The monoisotopic (exact) mass is 374 g/mol. The van der Waals surface area contributed by atoms with Gasteiger partial charge in [0.15, 0.2) is 0 Å². The zero-order valence-electron chi connectivity index (χ0n) is 15.2. The van der Waals surface area contributed by atoms with E-state index in [4.69, 9.17) is 9.15 Å². The highest BCUT2D eigenvalue weighted by molar-refractivity contribution is 6.07. The van der Waals surface area contributed by atoms with Crippen LogP contribution in [0.4, 0.5) is 0 Å². The van der Waals surface area contributed by atoms with E-state index >= 15 is 0 Å². The third kappa shape index (κ3) is 2.93. The molecule has 1 saturated carbocycles. The number of aromatic nitrogens is 1. The van der Waals surface area contributed by atoms with Crippen molar-refractivity contribution in [3.63, 3.8) is 0 Å².